The van der Waals surface area contributed by atoms with Crippen molar-refractivity contribution in [2.24, 2.45) is 5.92 Å². The molecule has 6 nitrogen and oxygen atoms in total. The van der Waals surface area contributed by atoms with Gasteiger partial charge in [-0.25, -0.2) is 0 Å². The van der Waals surface area contributed by atoms with E-state index in [2.05, 4.69) is 15.5 Å². The van der Waals surface area contributed by atoms with Crippen LogP contribution in [0.2, 0.25) is 5.02 Å². The minimum atomic E-state index is -0.398. The Hall–Kier alpha value is -2.70. The summed E-state index contributed by atoms with van der Waals surface area (Å²) in [7, 11) is 0. The van der Waals surface area contributed by atoms with Crippen LogP contribution in [0, 0.1) is 12.8 Å². The van der Waals surface area contributed by atoms with Gasteiger partial charge in [0, 0.05) is 10.6 Å². The molecule has 2 atom stereocenters. The Balaban J connectivity index is 1.66. The van der Waals surface area contributed by atoms with Crippen molar-refractivity contribution < 1.29 is 14.1 Å². The summed E-state index contributed by atoms with van der Waals surface area (Å²) in [5.74, 6) is 0.689. The van der Waals surface area contributed by atoms with E-state index < -0.39 is 6.04 Å². The van der Waals surface area contributed by atoms with Gasteiger partial charge in [-0.2, -0.15) is 4.98 Å². The summed E-state index contributed by atoms with van der Waals surface area (Å²) in [5.41, 5.74) is 2.76. The molecule has 3 aromatic rings. The van der Waals surface area contributed by atoms with Crippen LogP contribution in [0.1, 0.15) is 43.3 Å². The highest BCUT2D eigenvalue weighted by atomic mass is 35.5. The third kappa shape index (κ3) is 5.68. The van der Waals surface area contributed by atoms with Crippen molar-refractivity contribution >= 4 is 17.5 Å². The summed E-state index contributed by atoms with van der Waals surface area (Å²) in [5, 5.41) is 7.69. The van der Waals surface area contributed by atoms with E-state index in [1.165, 1.54) is 0 Å². The molecular weight excluding hydrogens is 402 g/mol. The molecule has 0 aliphatic rings. The fraction of sp³-hybridized carbons (Fsp3) is 0.348. The quantitative estimate of drug-likeness (QED) is 0.512. The molecule has 0 spiro atoms. The van der Waals surface area contributed by atoms with Crippen LogP contribution < -0.4 is 5.32 Å². The van der Waals surface area contributed by atoms with Gasteiger partial charge in [-0.05, 0) is 30.0 Å². The second-order valence-corrected chi connectivity index (χ2v) is 7.74. The predicted molar refractivity (Wildman–Crippen MR) is 116 cm³/mol. The summed E-state index contributed by atoms with van der Waals surface area (Å²) in [4.78, 5) is 17.0. The molecule has 7 heteroatoms. The highest BCUT2D eigenvalue weighted by Gasteiger charge is 2.26. The van der Waals surface area contributed by atoms with Crippen molar-refractivity contribution in [3.8, 4) is 11.4 Å². The number of amides is 1. The van der Waals surface area contributed by atoms with Crippen molar-refractivity contribution in [1.29, 1.82) is 0 Å². The van der Waals surface area contributed by atoms with Crippen molar-refractivity contribution in [1.82, 2.24) is 15.5 Å². The average Bonchev–Trinajstić information content (AvgIpc) is 3.24. The average molecular weight is 428 g/mol. The molecule has 3 rings (SSSR count). The molecule has 1 amide bonds. The van der Waals surface area contributed by atoms with Gasteiger partial charge in [0.25, 0.3) is 0 Å². The zero-order chi connectivity index (χ0) is 21.5. The van der Waals surface area contributed by atoms with Crippen LogP contribution in [0.3, 0.4) is 0 Å². The largest absolute Gasteiger partial charge is 0.367 e. The monoisotopic (exact) mass is 427 g/mol. The smallest absolute Gasteiger partial charge is 0.249 e. The molecule has 2 aromatic carbocycles. The van der Waals surface area contributed by atoms with E-state index in [0.717, 1.165) is 23.1 Å². The highest BCUT2D eigenvalue weighted by molar-refractivity contribution is 6.31. The summed E-state index contributed by atoms with van der Waals surface area (Å²) in [6, 6.07) is 14.9. The number of benzene rings is 2. The van der Waals surface area contributed by atoms with Crippen molar-refractivity contribution in [2.45, 2.75) is 39.8 Å². The number of nitrogens with zero attached hydrogens (tertiary/aromatic N) is 2. The first-order valence-corrected chi connectivity index (χ1v) is 10.4. The normalized spacial score (nSPS) is 13.1. The molecule has 1 aromatic heterocycles. The second kappa shape index (κ2) is 10.4. The van der Waals surface area contributed by atoms with Crippen LogP contribution in [0.4, 0.5) is 0 Å². The molecule has 1 N–H and O–H groups in total. The number of ether oxygens (including phenoxy) is 1. The van der Waals surface area contributed by atoms with Crippen LogP contribution in [0.5, 0.6) is 0 Å². The third-order valence-corrected chi connectivity index (χ3v) is 5.42. The fourth-order valence-corrected chi connectivity index (χ4v) is 3.13. The van der Waals surface area contributed by atoms with Crippen LogP contribution in [0.25, 0.3) is 11.4 Å². The summed E-state index contributed by atoms with van der Waals surface area (Å²) in [6.07, 6.45) is 0.837. The molecular formula is C23H26ClN3O3. The lowest BCUT2D eigenvalue weighted by atomic mass is 9.99. The number of aryl methyl sites for hydroxylation is 1. The van der Waals surface area contributed by atoms with Gasteiger partial charge < -0.3 is 14.6 Å². The Kier molecular flexibility index (Phi) is 7.60. The van der Waals surface area contributed by atoms with Crippen LogP contribution in [0.15, 0.2) is 53.1 Å². The number of carbonyl (C=O) groups is 1. The highest BCUT2D eigenvalue weighted by Crippen LogP contribution is 2.27. The lowest BCUT2D eigenvalue weighted by molar-refractivity contribution is -0.127. The van der Waals surface area contributed by atoms with Gasteiger partial charge in [0.2, 0.25) is 17.6 Å². The number of nitrogens with one attached hydrogen (secondary N) is 1. The first-order valence-electron chi connectivity index (χ1n) is 9.99. The third-order valence-electron chi connectivity index (χ3n) is 5.01. The minimum Gasteiger partial charge on any atom is -0.367 e. The molecule has 0 saturated carbocycles. The lowest BCUT2D eigenvalue weighted by Crippen LogP contribution is -2.35. The Bertz CT molecular complexity index is 975. The van der Waals surface area contributed by atoms with Crippen LogP contribution in [-0.4, -0.2) is 22.7 Å². The predicted octanol–water partition coefficient (Wildman–Crippen LogP) is 5.12. The number of halogens is 1. The molecule has 0 aliphatic heterocycles. The molecule has 0 saturated heterocycles. The van der Waals surface area contributed by atoms with E-state index in [1.807, 2.05) is 63.2 Å². The van der Waals surface area contributed by atoms with E-state index in [1.54, 1.807) is 6.07 Å². The van der Waals surface area contributed by atoms with Gasteiger partial charge >= 0.3 is 0 Å². The Labute approximate surface area is 181 Å². The molecule has 0 aliphatic carbocycles. The van der Waals surface area contributed by atoms with E-state index in [4.69, 9.17) is 20.9 Å². The van der Waals surface area contributed by atoms with Crippen molar-refractivity contribution in [3.63, 3.8) is 0 Å². The minimum absolute atomic E-state index is 0.0452. The van der Waals surface area contributed by atoms with Gasteiger partial charge in [0.1, 0.15) is 12.6 Å². The summed E-state index contributed by atoms with van der Waals surface area (Å²) >= 11 is 6.21. The van der Waals surface area contributed by atoms with E-state index in [-0.39, 0.29) is 18.4 Å². The number of hydrogen-bond donors (Lipinski definition) is 1. The first-order chi connectivity index (χ1) is 14.5. The zero-order valence-corrected chi connectivity index (χ0v) is 18.1. The van der Waals surface area contributed by atoms with Gasteiger partial charge in [-0.1, -0.05) is 79.5 Å². The first kappa shape index (κ1) is 22.0. The van der Waals surface area contributed by atoms with Gasteiger partial charge in [-0.3, -0.25) is 4.79 Å². The van der Waals surface area contributed by atoms with E-state index in [0.29, 0.717) is 23.3 Å². The fourth-order valence-electron chi connectivity index (χ4n) is 2.94. The Morgan fingerprint density at radius 1 is 1.23 bits per heavy atom. The number of carbonyl (C=O) groups excluding carboxylic acids is 1. The molecule has 2 unspecified atom stereocenters. The van der Waals surface area contributed by atoms with Gasteiger partial charge in [0.05, 0.1) is 6.61 Å². The number of aromatic nitrogens is 2. The summed E-state index contributed by atoms with van der Waals surface area (Å²) < 4.78 is 11.0. The number of hydrogen-bond acceptors (Lipinski definition) is 5. The zero-order valence-electron chi connectivity index (χ0n) is 17.4. The standard InChI is InChI=1S/C23H26ClN3O3/c1-4-15(2)21(25-20(28)14-29-13-17-8-6-5-7-9-17)23-26-22(27-30-23)18-11-10-16(3)19(24)12-18/h5-12,15,21H,4,13-14H2,1-3H3,(H,25,28). The SMILES string of the molecule is CCC(C)C(NC(=O)COCc1ccccc1)c1nc(-c2ccc(C)c(Cl)c2)no1. The molecule has 0 fully saturated rings. The number of rotatable bonds is 9. The maximum atomic E-state index is 12.5. The van der Waals surface area contributed by atoms with Crippen molar-refractivity contribution in [2.75, 3.05) is 6.61 Å². The topological polar surface area (TPSA) is 77.2 Å². The van der Waals surface area contributed by atoms with E-state index in [9.17, 15) is 4.79 Å². The Morgan fingerprint density at radius 3 is 2.70 bits per heavy atom. The maximum absolute atomic E-state index is 12.5. The van der Waals surface area contributed by atoms with E-state index >= 15 is 0 Å². The molecule has 0 bridgehead atoms. The molecule has 1 heterocycles. The second-order valence-electron chi connectivity index (χ2n) is 7.33. The molecule has 0 radical (unpaired) electrons. The molecule has 30 heavy (non-hydrogen) atoms. The summed E-state index contributed by atoms with van der Waals surface area (Å²) in [6.45, 7) is 6.34. The maximum Gasteiger partial charge on any atom is 0.249 e. The van der Waals surface area contributed by atoms with Crippen molar-refractivity contribution in [3.05, 3.63) is 70.6 Å². The van der Waals surface area contributed by atoms with Crippen LogP contribution >= 0.6 is 11.6 Å². The molecule has 158 valence electrons. The Morgan fingerprint density at radius 2 is 2.00 bits per heavy atom. The van der Waals surface area contributed by atoms with Gasteiger partial charge in [0.15, 0.2) is 0 Å². The lowest BCUT2D eigenvalue weighted by Gasteiger charge is -2.20. The van der Waals surface area contributed by atoms with Crippen LogP contribution in [-0.2, 0) is 16.1 Å². The van der Waals surface area contributed by atoms with Gasteiger partial charge in [-0.15, -0.1) is 0 Å².